The number of nitrogens with zero attached hydrogens (tertiary/aromatic N) is 2. The van der Waals surface area contributed by atoms with Crippen LogP contribution >= 0.6 is 11.6 Å². The Bertz CT molecular complexity index is 1370. The first-order valence-electron chi connectivity index (χ1n) is 11.3. The van der Waals surface area contributed by atoms with Gasteiger partial charge in [0.25, 0.3) is 11.5 Å². The van der Waals surface area contributed by atoms with Crippen LogP contribution in [0.4, 0.5) is 14.5 Å². The standard InChI is InChI=1S/C26H24ClF2N3O4/c1-4-31-10-9-14(2)23(26(31)35)32-13-18(21-19(28)11-17(36-3)12-20(21)29)22(25(32)34)30-24(33)15-5-7-16(27)8-6-15/h5-12,18,22H,4,13H2,1-3H3,(H,30,33)/t18-,22-/m0/s1. The lowest BCUT2D eigenvalue weighted by atomic mass is 9.92. The third-order valence-corrected chi connectivity index (χ3v) is 6.57. The molecule has 1 fully saturated rings. The van der Waals surface area contributed by atoms with Crippen LogP contribution in [0.25, 0.3) is 0 Å². The molecule has 4 rings (SSSR count). The Balaban J connectivity index is 1.81. The van der Waals surface area contributed by atoms with Crippen molar-refractivity contribution < 1.29 is 23.1 Å². The second kappa shape index (κ2) is 10.1. The third-order valence-electron chi connectivity index (χ3n) is 6.32. The number of aromatic nitrogens is 1. The third kappa shape index (κ3) is 4.58. The smallest absolute Gasteiger partial charge is 0.274 e. The van der Waals surface area contributed by atoms with Gasteiger partial charge in [0, 0.05) is 53.5 Å². The maximum Gasteiger partial charge on any atom is 0.274 e. The highest BCUT2D eigenvalue weighted by molar-refractivity contribution is 6.30. The molecule has 2 heterocycles. The number of nitrogens with one attached hydrogen (secondary N) is 1. The molecule has 2 aromatic carbocycles. The molecular weight excluding hydrogens is 492 g/mol. The van der Waals surface area contributed by atoms with Gasteiger partial charge in [0.05, 0.1) is 7.11 Å². The lowest BCUT2D eigenvalue weighted by Crippen LogP contribution is -2.44. The van der Waals surface area contributed by atoms with Crippen molar-refractivity contribution in [1.29, 1.82) is 0 Å². The predicted octanol–water partition coefficient (Wildman–Crippen LogP) is 4.05. The van der Waals surface area contributed by atoms with Gasteiger partial charge in [-0.15, -0.1) is 0 Å². The van der Waals surface area contributed by atoms with Gasteiger partial charge < -0.3 is 19.5 Å². The monoisotopic (exact) mass is 515 g/mol. The second-order valence-corrected chi connectivity index (χ2v) is 8.89. The number of carbonyl (C=O) groups excluding carboxylic acids is 2. The molecule has 3 aromatic rings. The van der Waals surface area contributed by atoms with Crippen LogP contribution in [0.3, 0.4) is 0 Å². The number of hydrogen-bond acceptors (Lipinski definition) is 4. The molecule has 2 atom stereocenters. The lowest BCUT2D eigenvalue weighted by molar-refractivity contribution is -0.118. The zero-order valence-electron chi connectivity index (χ0n) is 19.8. The highest BCUT2D eigenvalue weighted by Crippen LogP contribution is 2.36. The Labute approximate surface area is 211 Å². The van der Waals surface area contributed by atoms with Gasteiger partial charge in [0.1, 0.15) is 29.1 Å². The maximum atomic E-state index is 15.1. The van der Waals surface area contributed by atoms with Crippen LogP contribution in [-0.4, -0.2) is 36.1 Å². The number of aryl methyl sites for hydroxylation is 2. The number of carbonyl (C=O) groups is 2. The van der Waals surface area contributed by atoms with Crippen LogP contribution < -0.4 is 20.5 Å². The largest absolute Gasteiger partial charge is 0.497 e. The summed E-state index contributed by atoms with van der Waals surface area (Å²) in [6.45, 7) is 3.62. The number of ether oxygens (including phenoxy) is 1. The van der Waals surface area contributed by atoms with Crippen LogP contribution in [0.2, 0.25) is 5.02 Å². The zero-order chi connectivity index (χ0) is 26.1. The molecule has 1 aliphatic rings. The number of hydrogen-bond donors (Lipinski definition) is 1. The first kappa shape index (κ1) is 25.4. The van der Waals surface area contributed by atoms with E-state index in [0.717, 1.165) is 12.1 Å². The fourth-order valence-corrected chi connectivity index (χ4v) is 4.57. The normalized spacial score (nSPS) is 17.4. The first-order valence-corrected chi connectivity index (χ1v) is 11.6. The van der Waals surface area contributed by atoms with Gasteiger partial charge in [0.2, 0.25) is 5.91 Å². The molecule has 0 spiro atoms. The van der Waals surface area contributed by atoms with E-state index in [0.29, 0.717) is 17.1 Å². The number of rotatable bonds is 6. The molecule has 7 nitrogen and oxygen atoms in total. The molecule has 0 aliphatic carbocycles. The van der Waals surface area contributed by atoms with Gasteiger partial charge in [-0.05, 0) is 49.7 Å². The van der Waals surface area contributed by atoms with Crippen LogP contribution in [0, 0.1) is 18.6 Å². The highest BCUT2D eigenvalue weighted by Gasteiger charge is 2.46. The summed E-state index contributed by atoms with van der Waals surface area (Å²) in [7, 11) is 1.28. The molecule has 1 aromatic heterocycles. The van der Waals surface area contributed by atoms with E-state index < -0.39 is 41.0 Å². The van der Waals surface area contributed by atoms with E-state index in [9.17, 15) is 14.4 Å². The second-order valence-electron chi connectivity index (χ2n) is 8.46. The number of halogens is 3. The van der Waals surface area contributed by atoms with Crippen LogP contribution in [0.15, 0.2) is 53.5 Å². The molecule has 1 aliphatic heterocycles. The van der Waals surface area contributed by atoms with Gasteiger partial charge in [0.15, 0.2) is 0 Å². The van der Waals surface area contributed by atoms with Crippen molar-refractivity contribution in [3.8, 4) is 5.75 Å². The fraction of sp³-hybridized carbons (Fsp3) is 0.269. The first-order chi connectivity index (χ1) is 17.2. The minimum Gasteiger partial charge on any atom is -0.497 e. The molecule has 10 heteroatoms. The molecule has 188 valence electrons. The Morgan fingerprint density at radius 2 is 1.78 bits per heavy atom. The number of methoxy groups -OCH3 is 1. The summed E-state index contributed by atoms with van der Waals surface area (Å²) in [5, 5.41) is 3.03. The number of benzene rings is 2. The van der Waals surface area contributed by atoms with Crippen molar-refractivity contribution in [3.05, 3.63) is 92.4 Å². The Kier molecular flexibility index (Phi) is 7.12. The van der Waals surface area contributed by atoms with Crippen molar-refractivity contribution in [2.75, 3.05) is 18.6 Å². The molecule has 0 saturated carbocycles. The van der Waals surface area contributed by atoms with Gasteiger partial charge in [-0.3, -0.25) is 14.4 Å². The van der Waals surface area contributed by atoms with Gasteiger partial charge in [-0.25, -0.2) is 8.78 Å². The van der Waals surface area contributed by atoms with Crippen molar-refractivity contribution in [1.82, 2.24) is 9.88 Å². The topological polar surface area (TPSA) is 80.6 Å². The summed E-state index contributed by atoms with van der Waals surface area (Å²) in [4.78, 5) is 40.9. The quantitative estimate of drug-likeness (QED) is 0.537. The molecule has 0 bridgehead atoms. The summed E-state index contributed by atoms with van der Waals surface area (Å²) in [6, 6.07) is 8.36. The molecule has 1 saturated heterocycles. The van der Waals surface area contributed by atoms with Gasteiger partial charge in [-0.1, -0.05) is 11.6 Å². The molecule has 1 N–H and O–H groups in total. The van der Waals surface area contributed by atoms with E-state index in [-0.39, 0.29) is 29.1 Å². The van der Waals surface area contributed by atoms with Crippen LogP contribution in [-0.2, 0) is 11.3 Å². The van der Waals surface area contributed by atoms with Gasteiger partial charge >= 0.3 is 0 Å². The highest BCUT2D eigenvalue weighted by atomic mass is 35.5. The minimum atomic E-state index is -1.33. The van der Waals surface area contributed by atoms with E-state index in [1.54, 1.807) is 26.1 Å². The molecular formula is C26H24ClF2N3O4. The molecule has 2 amide bonds. The zero-order valence-corrected chi connectivity index (χ0v) is 20.6. The SMILES string of the molecule is CCn1ccc(C)c(N2C[C@@H](c3c(F)cc(OC)cc3F)[C@H](NC(=O)c3ccc(Cl)cc3)C2=O)c1=O. The van der Waals surface area contributed by atoms with E-state index in [1.807, 2.05) is 0 Å². The Morgan fingerprint density at radius 3 is 2.36 bits per heavy atom. The average Bonchev–Trinajstić information content (AvgIpc) is 3.14. The number of amides is 2. The van der Waals surface area contributed by atoms with Crippen molar-refractivity contribution in [2.24, 2.45) is 0 Å². The van der Waals surface area contributed by atoms with E-state index in [2.05, 4.69) is 5.32 Å². The van der Waals surface area contributed by atoms with Crippen molar-refractivity contribution >= 4 is 29.1 Å². The summed E-state index contributed by atoms with van der Waals surface area (Å²) in [6.07, 6.45) is 1.61. The minimum absolute atomic E-state index is 0.0265. The number of pyridine rings is 1. The predicted molar refractivity (Wildman–Crippen MR) is 132 cm³/mol. The average molecular weight is 516 g/mol. The fourth-order valence-electron chi connectivity index (χ4n) is 4.44. The summed E-state index contributed by atoms with van der Waals surface area (Å²) in [5.74, 6) is -4.26. The van der Waals surface area contributed by atoms with Crippen LogP contribution in [0.5, 0.6) is 5.75 Å². The van der Waals surface area contributed by atoms with Crippen molar-refractivity contribution in [2.45, 2.75) is 32.4 Å². The summed E-state index contributed by atoms with van der Waals surface area (Å²) >= 11 is 5.90. The Hall–Kier alpha value is -3.72. The van der Waals surface area contributed by atoms with E-state index >= 15 is 8.78 Å². The molecule has 36 heavy (non-hydrogen) atoms. The summed E-state index contributed by atoms with van der Waals surface area (Å²) in [5.41, 5.74) is 0.0517. The molecule has 0 unspecified atom stereocenters. The lowest BCUT2D eigenvalue weighted by Gasteiger charge is -2.20. The maximum absolute atomic E-state index is 15.1. The number of anilines is 1. The van der Waals surface area contributed by atoms with Crippen molar-refractivity contribution in [3.63, 3.8) is 0 Å². The van der Waals surface area contributed by atoms with Crippen LogP contribution in [0.1, 0.15) is 34.3 Å². The van der Waals surface area contributed by atoms with Gasteiger partial charge in [-0.2, -0.15) is 0 Å². The Morgan fingerprint density at radius 1 is 1.14 bits per heavy atom. The van der Waals surface area contributed by atoms with E-state index in [4.69, 9.17) is 16.3 Å². The molecule has 0 radical (unpaired) electrons. The summed E-state index contributed by atoms with van der Waals surface area (Å²) < 4.78 is 36.6. The van der Waals surface area contributed by atoms with E-state index in [1.165, 1.54) is 40.8 Å².